The first-order valence-electron chi connectivity index (χ1n) is 13.4. The van der Waals surface area contributed by atoms with Crippen LogP contribution in [0, 0.1) is 0 Å². The van der Waals surface area contributed by atoms with E-state index >= 15 is 0 Å². The highest BCUT2D eigenvalue weighted by Crippen LogP contribution is 2.41. The molecule has 0 spiro atoms. The highest BCUT2D eigenvalue weighted by atomic mass is 32.1. The first-order chi connectivity index (χ1) is 18.6. The second-order valence-electron chi connectivity index (χ2n) is 9.41. The van der Waals surface area contributed by atoms with Crippen LogP contribution in [0.2, 0.25) is 0 Å². The second kappa shape index (κ2) is 12.2. The third-order valence-electron chi connectivity index (χ3n) is 6.86. The van der Waals surface area contributed by atoms with E-state index in [0.29, 0.717) is 24.3 Å². The SMILES string of the molecule is CCOC(=O)c1c(/N=C/c2ccc(/C=N/c3sc4c(c3C(=O)OCC)CCCC4)cc2)sc2c1CCCC2. The van der Waals surface area contributed by atoms with Gasteiger partial charge < -0.3 is 9.47 Å². The fraction of sp³-hybridized carbons (Fsp3) is 0.400. The van der Waals surface area contributed by atoms with Crippen LogP contribution in [0.15, 0.2) is 34.3 Å². The van der Waals surface area contributed by atoms with E-state index in [4.69, 9.17) is 19.5 Å². The summed E-state index contributed by atoms with van der Waals surface area (Å²) in [6.07, 6.45) is 11.9. The number of hydrogen-bond donors (Lipinski definition) is 0. The van der Waals surface area contributed by atoms with Crippen molar-refractivity contribution in [2.45, 2.75) is 65.2 Å². The molecule has 0 radical (unpaired) electrons. The summed E-state index contributed by atoms with van der Waals surface area (Å²) in [5, 5.41) is 1.46. The number of aryl methyl sites for hydroxylation is 2. The van der Waals surface area contributed by atoms with Crippen LogP contribution in [-0.2, 0) is 35.2 Å². The van der Waals surface area contributed by atoms with Crippen LogP contribution in [-0.4, -0.2) is 37.6 Å². The Hall–Kier alpha value is -3.10. The summed E-state index contributed by atoms with van der Waals surface area (Å²) in [7, 11) is 0. The van der Waals surface area contributed by atoms with Gasteiger partial charge in [-0.2, -0.15) is 0 Å². The summed E-state index contributed by atoms with van der Waals surface area (Å²) >= 11 is 3.21. The summed E-state index contributed by atoms with van der Waals surface area (Å²) in [5.74, 6) is -0.550. The van der Waals surface area contributed by atoms with Crippen molar-refractivity contribution < 1.29 is 19.1 Å². The van der Waals surface area contributed by atoms with Gasteiger partial charge in [0.2, 0.25) is 0 Å². The lowest BCUT2D eigenvalue weighted by Crippen LogP contribution is -2.09. The van der Waals surface area contributed by atoms with Gasteiger partial charge in [0, 0.05) is 22.2 Å². The van der Waals surface area contributed by atoms with E-state index in [1.165, 1.54) is 9.75 Å². The van der Waals surface area contributed by atoms with Crippen molar-refractivity contribution in [1.82, 2.24) is 0 Å². The fourth-order valence-corrected chi connectivity index (χ4v) is 7.49. The van der Waals surface area contributed by atoms with Crippen molar-refractivity contribution >= 4 is 57.0 Å². The number of nitrogens with zero attached hydrogens (tertiary/aromatic N) is 2. The molecular formula is C30H32N2O4S2. The quantitative estimate of drug-likeness (QED) is 0.217. The molecule has 2 aromatic heterocycles. The van der Waals surface area contributed by atoms with Crippen LogP contribution in [0.1, 0.15) is 92.3 Å². The third kappa shape index (κ3) is 5.66. The predicted molar refractivity (Wildman–Crippen MR) is 155 cm³/mol. The van der Waals surface area contributed by atoms with Crippen molar-refractivity contribution in [2.24, 2.45) is 9.98 Å². The van der Waals surface area contributed by atoms with Crippen molar-refractivity contribution in [3.05, 3.63) is 67.4 Å². The average Bonchev–Trinajstić information content (AvgIpc) is 3.49. The Morgan fingerprint density at radius 3 is 1.50 bits per heavy atom. The van der Waals surface area contributed by atoms with E-state index in [1.807, 2.05) is 38.1 Å². The number of benzene rings is 1. The van der Waals surface area contributed by atoms with Crippen LogP contribution in [0.5, 0.6) is 0 Å². The van der Waals surface area contributed by atoms with Crippen molar-refractivity contribution in [3.8, 4) is 0 Å². The van der Waals surface area contributed by atoms with Crippen LogP contribution in [0.25, 0.3) is 0 Å². The Morgan fingerprint density at radius 2 is 1.11 bits per heavy atom. The van der Waals surface area contributed by atoms with Gasteiger partial charge in [0.05, 0.1) is 24.3 Å². The molecule has 0 bridgehead atoms. The Balaban J connectivity index is 1.35. The number of thiophene rings is 2. The summed E-state index contributed by atoms with van der Waals surface area (Å²) in [6.45, 7) is 4.36. The number of hydrogen-bond acceptors (Lipinski definition) is 8. The van der Waals surface area contributed by atoms with E-state index in [9.17, 15) is 9.59 Å². The smallest absolute Gasteiger partial charge is 0.341 e. The van der Waals surface area contributed by atoms with Crippen molar-refractivity contribution in [1.29, 1.82) is 0 Å². The van der Waals surface area contributed by atoms with Crippen molar-refractivity contribution in [3.63, 3.8) is 0 Å². The maximum atomic E-state index is 12.7. The highest BCUT2D eigenvalue weighted by Gasteiger charge is 2.27. The number of carbonyl (C=O) groups is 2. The zero-order valence-corrected chi connectivity index (χ0v) is 23.5. The van der Waals surface area contributed by atoms with Gasteiger partial charge in [-0.25, -0.2) is 19.6 Å². The molecule has 0 saturated carbocycles. The molecule has 6 nitrogen and oxygen atoms in total. The van der Waals surface area contributed by atoms with Gasteiger partial charge >= 0.3 is 11.9 Å². The lowest BCUT2D eigenvalue weighted by atomic mass is 9.95. The monoisotopic (exact) mass is 548 g/mol. The second-order valence-corrected chi connectivity index (χ2v) is 11.6. The van der Waals surface area contributed by atoms with Gasteiger partial charge in [0.25, 0.3) is 0 Å². The topological polar surface area (TPSA) is 77.3 Å². The molecule has 0 fully saturated rings. The molecule has 2 aliphatic rings. The number of esters is 2. The molecule has 8 heteroatoms. The number of fused-ring (bicyclic) bond motifs is 2. The molecule has 0 aliphatic heterocycles. The molecule has 0 N–H and O–H groups in total. The Morgan fingerprint density at radius 1 is 0.711 bits per heavy atom. The molecule has 0 amide bonds. The third-order valence-corrected chi connectivity index (χ3v) is 9.26. The van der Waals surface area contributed by atoms with Gasteiger partial charge in [-0.05, 0) is 87.5 Å². The van der Waals surface area contributed by atoms with E-state index in [2.05, 4.69) is 0 Å². The molecule has 0 unspecified atom stereocenters. The number of aliphatic imine (C=N–C) groups is 2. The average molecular weight is 549 g/mol. The summed E-state index contributed by atoms with van der Waals surface area (Å²) in [5.41, 5.74) is 5.39. The number of carbonyl (C=O) groups excluding carboxylic acids is 2. The Labute approximate surface area is 231 Å². The molecule has 2 aliphatic carbocycles. The first-order valence-corrected chi connectivity index (χ1v) is 15.0. The van der Waals surface area contributed by atoms with Crippen LogP contribution < -0.4 is 0 Å². The van der Waals surface area contributed by atoms with E-state index < -0.39 is 0 Å². The molecule has 0 atom stereocenters. The first kappa shape index (κ1) is 26.5. The molecule has 198 valence electrons. The minimum absolute atomic E-state index is 0.275. The standard InChI is InChI=1S/C30H32N2O4S2/c1-3-35-29(33)25-21-9-5-7-11-23(21)37-27(25)31-17-19-13-15-20(16-14-19)18-32-28-26(30(34)36-4-2)22-10-6-8-12-24(22)38-28/h13-18H,3-12H2,1-2H3/b31-17+,32-18+. The maximum Gasteiger partial charge on any atom is 0.341 e. The molecule has 1 aromatic carbocycles. The Bertz CT molecular complexity index is 1280. The van der Waals surface area contributed by atoms with Crippen LogP contribution in [0.4, 0.5) is 10.0 Å². The highest BCUT2D eigenvalue weighted by molar-refractivity contribution is 7.16. The minimum atomic E-state index is -0.275. The van der Waals surface area contributed by atoms with Gasteiger partial charge in [-0.15, -0.1) is 22.7 Å². The largest absolute Gasteiger partial charge is 0.462 e. The summed E-state index contributed by atoms with van der Waals surface area (Å²) < 4.78 is 10.7. The molecular weight excluding hydrogens is 516 g/mol. The lowest BCUT2D eigenvalue weighted by molar-refractivity contribution is 0.0516. The molecule has 38 heavy (non-hydrogen) atoms. The van der Waals surface area contributed by atoms with E-state index in [0.717, 1.165) is 83.6 Å². The lowest BCUT2D eigenvalue weighted by Gasteiger charge is -2.11. The van der Waals surface area contributed by atoms with Crippen LogP contribution >= 0.6 is 22.7 Å². The molecule has 0 saturated heterocycles. The molecule has 5 rings (SSSR count). The van der Waals surface area contributed by atoms with E-state index in [1.54, 1.807) is 35.1 Å². The van der Waals surface area contributed by atoms with E-state index in [-0.39, 0.29) is 11.9 Å². The fourth-order valence-electron chi connectivity index (χ4n) is 5.05. The maximum absolute atomic E-state index is 12.7. The number of rotatable bonds is 8. The zero-order valence-electron chi connectivity index (χ0n) is 21.9. The van der Waals surface area contributed by atoms with Gasteiger partial charge in [-0.3, -0.25) is 0 Å². The van der Waals surface area contributed by atoms with Gasteiger partial charge in [0.1, 0.15) is 10.0 Å². The predicted octanol–water partition coefficient (Wildman–Crippen LogP) is 7.42. The molecule has 2 heterocycles. The van der Waals surface area contributed by atoms with Crippen molar-refractivity contribution in [2.75, 3.05) is 13.2 Å². The Kier molecular flexibility index (Phi) is 8.49. The summed E-state index contributed by atoms with van der Waals surface area (Å²) in [4.78, 5) is 37.3. The van der Waals surface area contributed by atoms with Gasteiger partial charge in [0.15, 0.2) is 0 Å². The van der Waals surface area contributed by atoms with Gasteiger partial charge in [-0.1, -0.05) is 24.3 Å². The minimum Gasteiger partial charge on any atom is -0.462 e. The van der Waals surface area contributed by atoms with Crippen LogP contribution in [0.3, 0.4) is 0 Å². The number of ether oxygens (including phenoxy) is 2. The normalized spacial score (nSPS) is 15.0. The molecule has 3 aromatic rings. The zero-order chi connectivity index (χ0) is 26.5. The summed E-state index contributed by atoms with van der Waals surface area (Å²) in [6, 6.07) is 7.92.